The summed E-state index contributed by atoms with van der Waals surface area (Å²) in [6.45, 7) is -0.0942. The molecule has 5 nitrogen and oxygen atoms in total. The zero-order valence-corrected chi connectivity index (χ0v) is 12.6. The molecule has 0 fully saturated rings. The summed E-state index contributed by atoms with van der Waals surface area (Å²) in [6, 6.07) is 2.00. The summed E-state index contributed by atoms with van der Waals surface area (Å²) in [6.07, 6.45) is -0.0596. The third kappa shape index (κ3) is 4.09. The minimum absolute atomic E-state index is 0.0596. The maximum atomic E-state index is 13.1. The Labute approximate surface area is 124 Å². The lowest BCUT2D eigenvalue weighted by molar-refractivity contribution is -0.128. The SMILES string of the molecule is CN(C)C(=O)CCNc1ccc(F)cc1S(=O)(=O)C(F)(F)F. The predicted molar refractivity (Wildman–Crippen MR) is 71.4 cm³/mol. The van der Waals surface area contributed by atoms with Crippen LogP contribution >= 0.6 is 0 Å². The van der Waals surface area contributed by atoms with E-state index in [9.17, 15) is 30.8 Å². The van der Waals surface area contributed by atoms with Crippen LogP contribution in [-0.2, 0) is 14.6 Å². The first-order valence-corrected chi connectivity index (χ1v) is 7.50. The van der Waals surface area contributed by atoms with Crippen LogP contribution in [0.15, 0.2) is 23.1 Å². The van der Waals surface area contributed by atoms with Crippen LogP contribution in [0.2, 0.25) is 0 Å². The molecule has 1 aromatic rings. The summed E-state index contributed by atoms with van der Waals surface area (Å²) < 4.78 is 73.7. The molecule has 1 N–H and O–H groups in total. The van der Waals surface area contributed by atoms with E-state index >= 15 is 0 Å². The number of amides is 1. The van der Waals surface area contributed by atoms with Crippen LogP contribution in [-0.4, -0.2) is 45.4 Å². The molecule has 0 spiro atoms. The molecule has 0 bridgehead atoms. The Morgan fingerprint density at radius 1 is 1.27 bits per heavy atom. The average molecular weight is 342 g/mol. The van der Waals surface area contributed by atoms with Gasteiger partial charge in [-0.15, -0.1) is 0 Å². The highest BCUT2D eigenvalue weighted by molar-refractivity contribution is 7.92. The van der Waals surface area contributed by atoms with Crippen LogP contribution in [0.5, 0.6) is 0 Å². The number of rotatable bonds is 5. The Kier molecular flexibility index (Phi) is 5.39. The lowest BCUT2D eigenvalue weighted by atomic mass is 10.3. The smallest absolute Gasteiger partial charge is 0.383 e. The quantitative estimate of drug-likeness (QED) is 0.832. The lowest BCUT2D eigenvalue weighted by Crippen LogP contribution is -2.26. The zero-order chi connectivity index (χ0) is 17.1. The Morgan fingerprint density at radius 3 is 2.36 bits per heavy atom. The van der Waals surface area contributed by atoms with E-state index in [4.69, 9.17) is 0 Å². The third-order valence-corrected chi connectivity index (χ3v) is 4.22. The summed E-state index contributed by atoms with van der Waals surface area (Å²) in [4.78, 5) is 11.4. The maximum Gasteiger partial charge on any atom is 0.501 e. The van der Waals surface area contributed by atoms with Crippen LogP contribution in [0.1, 0.15) is 6.42 Å². The van der Waals surface area contributed by atoms with Crippen molar-refractivity contribution >= 4 is 21.4 Å². The van der Waals surface area contributed by atoms with Gasteiger partial charge >= 0.3 is 5.51 Å². The van der Waals surface area contributed by atoms with Crippen LogP contribution in [0.4, 0.5) is 23.2 Å². The van der Waals surface area contributed by atoms with Gasteiger partial charge in [0, 0.05) is 27.1 Å². The Balaban J connectivity index is 3.05. The van der Waals surface area contributed by atoms with Gasteiger partial charge in [0.1, 0.15) is 10.7 Å². The number of nitrogens with one attached hydrogen (secondary N) is 1. The molecule has 0 saturated carbocycles. The molecule has 1 rings (SSSR count). The molecule has 0 radical (unpaired) electrons. The van der Waals surface area contributed by atoms with Gasteiger partial charge in [0.25, 0.3) is 9.84 Å². The number of carbonyl (C=O) groups excluding carboxylic acids is 1. The first-order chi connectivity index (χ1) is 9.96. The topological polar surface area (TPSA) is 66.5 Å². The molecule has 0 aliphatic carbocycles. The molecule has 0 aliphatic rings. The minimum Gasteiger partial charge on any atom is -0.383 e. The van der Waals surface area contributed by atoms with Crippen molar-refractivity contribution in [3.63, 3.8) is 0 Å². The number of hydrogen-bond donors (Lipinski definition) is 1. The van der Waals surface area contributed by atoms with Crippen molar-refractivity contribution < 1.29 is 30.8 Å². The second-order valence-electron chi connectivity index (χ2n) is 4.55. The van der Waals surface area contributed by atoms with Crippen LogP contribution in [0.25, 0.3) is 0 Å². The molecule has 0 aromatic heterocycles. The fourth-order valence-electron chi connectivity index (χ4n) is 1.52. The van der Waals surface area contributed by atoms with E-state index < -0.39 is 31.7 Å². The summed E-state index contributed by atoms with van der Waals surface area (Å²) in [7, 11) is -2.69. The molecular weight excluding hydrogens is 328 g/mol. The summed E-state index contributed by atoms with van der Waals surface area (Å²) >= 11 is 0. The normalized spacial score (nSPS) is 12.1. The van der Waals surface area contributed by atoms with Crippen molar-refractivity contribution in [2.45, 2.75) is 16.8 Å². The van der Waals surface area contributed by atoms with E-state index in [-0.39, 0.29) is 18.9 Å². The second-order valence-corrected chi connectivity index (χ2v) is 6.46. The van der Waals surface area contributed by atoms with Crippen molar-refractivity contribution in [3.05, 3.63) is 24.0 Å². The third-order valence-electron chi connectivity index (χ3n) is 2.69. The van der Waals surface area contributed by atoms with E-state index in [2.05, 4.69) is 5.32 Å². The Hall–Kier alpha value is -1.84. The van der Waals surface area contributed by atoms with E-state index in [1.807, 2.05) is 0 Å². The number of nitrogens with zero attached hydrogens (tertiary/aromatic N) is 1. The molecular formula is C12H14F4N2O3S. The number of sulfone groups is 1. The monoisotopic (exact) mass is 342 g/mol. The zero-order valence-electron chi connectivity index (χ0n) is 11.7. The molecule has 22 heavy (non-hydrogen) atoms. The van der Waals surface area contributed by atoms with Crippen molar-refractivity contribution in [3.8, 4) is 0 Å². The van der Waals surface area contributed by atoms with Gasteiger partial charge in [-0.1, -0.05) is 0 Å². The molecule has 1 amide bonds. The van der Waals surface area contributed by atoms with Gasteiger partial charge in [-0.2, -0.15) is 13.2 Å². The molecule has 0 unspecified atom stereocenters. The molecule has 0 heterocycles. The highest BCUT2D eigenvalue weighted by Gasteiger charge is 2.48. The standard InChI is InChI=1S/C12H14F4N2O3S/c1-18(2)11(19)5-6-17-9-4-3-8(13)7-10(9)22(20,21)12(14,15)16/h3-4,7,17H,5-6H2,1-2H3. The van der Waals surface area contributed by atoms with Gasteiger partial charge in [0.05, 0.1) is 5.69 Å². The van der Waals surface area contributed by atoms with Gasteiger partial charge in [-0.25, -0.2) is 12.8 Å². The number of anilines is 1. The van der Waals surface area contributed by atoms with Crippen LogP contribution in [0, 0.1) is 5.82 Å². The molecule has 0 atom stereocenters. The van der Waals surface area contributed by atoms with E-state index in [1.165, 1.54) is 19.0 Å². The van der Waals surface area contributed by atoms with Gasteiger partial charge in [-0.05, 0) is 18.2 Å². The van der Waals surface area contributed by atoms with Gasteiger partial charge in [0.15, 0.2) is 0 Å². The summed E-state index contributed by atoms with van der Waals surface area (Å²) in [5, 5.41) is 2.41. The van der Waals surface area contributed by atoms with Crippen molar-refractivity contribution in [2.24, 2.45) is 0 Å². The van der Waals surface area contributed by atoms with Crippen molar-refractivity contribution in [2.75, 3.05) is 26.0 Å². The number of hydrogen-bond acceptors (Lipinski definition) is 4. The fraction of sp³-hybridized carbons (Fsp3) is 0.417. The fourth-order valence-corrected chi connectivity index (χ4v) is 2.46. The molecule has 0 saturated heterocycles. The van der Waals surface area contributed by atoms with Crippen molar-refractivity contribution in [1.82, 2.24) is 4.90 Å². The van der Waals surface area contributed by atoms with Gasteiger partial charge < -0.3 is 10.2 Å². The van der Waals surface area contributed by atoms with E-state index in [0.717, 1.165) is 12.1 Å². The number of halogens is 4. The highest BCUT2D eigenvalue weighted by Crippen LogP contribution is 2.34. The van der Waals surface area contributed by atoms with Gasteiger partial charge in [0.2, 0.25) is 5.91 Å². The van der Waals surface area contributed by atoms with E-state index in [1.54, 1.807) is 0 Å². The lowest BCUT2D eigenvalue weighted by Gasteiger charge is -2.15. The summed E-state index contributed by atoms with van der Waals surface area (Å²) in [5.74, 6) is -1.41. The Bertz CT molecular complexity index is 657. The van der Waals surface area contributed by atoms with E-state index in [0.29, 0.717) is 6.07 Å². The predicted octanol–water partition coefficient (Wildman–Crippen LogP) is 2.01. The first-order valence-electron chi connectivity index (χ1n) is 6.01. The molecule has 124 valence electrons. The molecule has 0 aliphatic heterocycles. The average Bonchev–Trinajstić information content (AvgIpc) is 2.38. The Morgan fingerprint density at radius 2 is 1.86 bits per heavy atom. The number of carbonyl (C=O) groups is 1. The number of alkyl halides is 3. The molecule has 1 aromatic carbocycles. The van der Waals surface area contributed by atoms with Gasteiger partial charge in [-0.3, -0.25) is 4.79 Å². The largest absolute Gasteiger partial charge is 0.501 e. The second kappa shape index (κ2) is 6.51. The molecule has 10 heteroatoms. The minimum atomic E-state index is -5.69. The van der Waals surface area contributed by atoms with Crippen LogP contribution < -0.4 is 5.32 Å². The van der Waals surface area contributed by atoms with Crippen molar-refractivity contribution in [1.29, 1.82) is 0 Å². The van der Waals surface area contributed by atoms with Crippen LogP contribution in [0.3, 0.4) is 0 Å². The highest BCUT2D eigenvalue weighted by atomic mass is 32.2. The maximum absolute atomic E-state index is 13.1. The summed E-state index contributed by atoms with van der Waals surface area (Å²) in [5.41, 5.74) is -5.96. The first kappa shape index (κ1) is 18.2. The number of benzene rings is 1.